The minimum atomic E-state index is -0.188. The first-order chi connectivity index (χ1) is 13.1. The summed E-state index contributed by atoms with van der Waals surface area (Å²) in [5, 5.41) is 14.8. The normalized spacial score (nSPS) is 16.7. The van der Waals surface area contributed by atoms with E-state index in [1.165, 1.54) is 6.20 Å². The Kier molecular flexibility index (Phi) is 3.58. The fourth-order valence-corrected chi connectivity index (χ4v) is 3.85. The monoisotopic (exact) mass is 380 g/mol. The van der Waals surface area contributed by atoms with E-state index in [1.54, 1.807) is 12.4 Å². The van der Waals surface area contributed by atoms with Crippen molar-refractivity contribution < 1.29 is 5.11 Å². The van der Waals surface area contributed by atoms with Crippen LogP contribution in [-0.4, -0.2) is 36.2 Å². The van der Waals surface area contributed by atoms with Crippen LogP contribution in [0.25, 0.3) is 5.52 Å². The van der Waals surface area contributed by atoms with Crippen LogP contribution >= 0.6 is 11.6 Å². The molecule has 0 spiro atoms. The third-order valence-corrected chi connectivity index (χ3v) is 5.35. The van der Waals surface area contributed by atoms with Gasteiger partial charge >= 0.3 is 0 Å². The van der Waals surface area contributed by atoms with Crippen molar-refractivity contribution in [1.29, 1.82) is 0 Å². The Morgan fingerprint density at radius 2 is 2.19 bits per heavy atom. The number of aromatic hydroxyl groups is 1. The molecule has 0 fully saturated rings. The van der Waals surface area contributed by atoms with Gasteiger partial charge in [0.1, 0.15) is 11.9 Å². The maximum Gasteiger partial charge on any atom is 0.152 e. The Labute approximate surface area is 160 Å². The molecule has 5 rings (SSSR count). The second kappa shape index (κ2) is 5.99. The number of anilines is 1. The maximum atomic E-state index is 9.73. The molecule has 0 saturated heterocycles. The molecular formula is C19H17ClN6O. The Morgan fingerprint density at radius 1 is 1.30 bits per heavy atom. The summed E-state index contributed by atoms with van der Waals surface area (Å²) < 4.78 is 1.89. The topological polar surface area (TPSA) is 82.3 Å². The molecule has 0 unspecified atom stereocenters. The number of nitrogens with one attached hydrogen (secondary N) is 1. The van der Waals surface area contributed by atoms with Crippen molar-refractivity contribution in [1.82, 2.24) is 24.6 Å². The summed E-state index contributed by atoms with van der Waals surface area (Å²) in [6, 6.07) is 7.65. The zero-order valence-corrected chi connectivity index (χ0v) is 15.4. The van der Waals surface area contributed by atoms with Crippen molar-refractivity contribution in [3.63, 3.8) is 0 Å². The summed E-state index contributed by atoms with van der Waals surface area (Å²) in [6.45, 7) is 2.81. The number of halogens is 1. The fourth-order valence-electron chi connectivity index (χ4n) is 3.70. The molecule has 0 radical (unpaired) electrons. The number of aromatic amines is 1. The smallest absolute Gasteiger partial charge is 0.152 e. The number of hydrogen-bond acceptors (Lipinski definition) is 5. The van der Waals surface area contributed by atoms with Gasteiger partial charge in [0.25, 0.3) is 0 Å². The predicted octanol–water partition coefficient (Wildman–Crippen LogP) is 3.27. The zero-order chi connectivity index (χ0) is 18.5. The summed E-state index contributed by atoms with van der Waals surface area (Å²) in [5.41, 5.74) is 5.16. The van der Waals surface area contributed by atoms with E-state index in [1.807, 2.05) is 16.8 Å². The molecule has 136 valence electrons. The first-order valence-corrected chi connectivity index (χ1v) is 9.08. The van der Waals surface area contributed by atoms with Crippen LogP contribution in [0.3, 0.4) is 0 Å². The maximum absolute atomic E-state index is 9.73. The molecular weight excluding hydrogens is 364 g/mol. The van der Waals surface area contributed by atoms with E-state index in [2.05, 4.69) is 38.9 Å². The Bertz CT molecular complexity index is 1150. The molecule has 8 heteroatoms. The van der Waals surface area contributed by atoms with Crippen molar-refractivity contribution in [2.45, 2.75) is 19.4 Å². The molecule has 4 aromatic heterocycles. The number of H-pyrrole nitrogens is 1. The lowest BCUT2D eigenvalue weighted by molar-refractivity contribution is 0.472. The molecule has 1 atom stereocenters. The average molecular weight is 381 g/mol. The molecule has 5 heterocycles. The van der Waals surface area contributed by atoms with Crippen molar-refractivity contribution >= 4 is 22.9 Å². The Balaban J connectivity index is 1.68. The largest absolute Gasteiger partial charge is 0.505 e. The Hall–Kier alpha value is -3.06. The highest BCUT2D eigenvalue weighted by Gasteiger charge is 2.34. The van der Waals surface area contributed by atoms with E-state index >= 15 is 0 Å². The summed E-state index contributed by atoms with van der Waals surface area (Å²) >= 11 is 6.13. The number of fused-ring (bicyclic) bond motifs is 2. The van der Waals surface area contributed by atoms with Crippen LogP contribution in [0.2, 0.25) is 5.02 Å². The summed E-state index contributed by atoms with van der Waals surface area (Å²) in [6.07, 6.45) is 5.86. The average Bonchev–Trinajstić information content (AvgIpc) is 3.30. The van der Waals surface area contributed by atoms with Gasteiger partial charge in [-0.1, -0.05) is 17.7 Å². The van der Waals surface area contributed by atoms with E-state index in [0.717, 1.165) is 41.1 Å². The predicted molar refractivity (Wildman–Crippen MR) is 102 cm³/mol. The SMILES string of the molecule is Cc1cccn2nc([C@H]3c4nc[nH]c4CCN3c3cc(Cl)c(O)cn3)cc12. The van der Waals surface area contributed by atoms with E-state index in [0.29, 0.717) is 5.82 Å². The number of rotatable bonds is 2. The highest BCUT2D eigenvalue weighted by molar-refractivity contribution is 6.32. The van der Waals surface area contributed by atoms with E-state index < -0.39 is 0 Å². The van der Waals surface area contributed by atoms with Crippen molar-refractivity contribution in [2.75, 3.05) is 11.4 Å². The van der Waals surface area contributed by atoms with Crippen LogP contribution < -0.4 is 4.90 Å². The van der Waals surface area contributed by atoms with Gasteiger partial charge in [0.2, 0.25) is 0 Å². The first kappa shape index (κ1) is 16.1. The molecule has 27 heavy (non-hydrogen) atoms. The van der Waals surface area contributed by atoms with Gasteiger partial charge in [-0.05, 0) is 24.6 Å². The second-order valence-corrected chi connectivity index (χ2v) is 7.10. The molecule has 0 aromatic carbocycles. The van der Waals surface area contributed by atoms with Crippen LogP contribution in [-0.2, 0) is 6.42 Å². The quantitative estimate of drug-likeness (QED) is 0.557. The van der Waals surface area contributed by atoms with Gasteiger partial charge in [-0.2, -0.15) is 5.10 Å². The molecule has 0 saturated carbocycles. The minimum absolute atomic E-state index is 0.0298. The fraction of sp³-hybridized carbons (Fsp3) is 0.211. The Morgan fingerprint density at radius 3 is 3.00 bits per heavy atom. The lowest BCUT2D eigenvalue weighted by Crippen LogP contribution is -2.37. The summed E-state index contributed by atoms with van der Waals surface area (Å²) in [4.78, 5) is 14.3. The molecule has 0 aliphatic carbocycles. The number of nitrogens with zero attached hydrogens (tertiary/aromatic N) is 5. The summed E-state index contributed by atoms with van der Waals surface area (Å²) in [7, 11) is 0. The van der Waals surface area contributed by atoms with E-state index in [-0.39, 0.29) is 16.8 Å². The first-order valence-electron chi connectivity index (χ1n) is 8.70. The number of imidazole rings is 1. The van der Waals surface area contributed by atoms with E-state index in [4.69, 9.17) is 16.7 Å². The molecule has 2 N–H and O–H groups in total. The van der Waals surface area contributed by atoms with Gasteiger partial charge in [-0.25, -0.2) is 14.5 Å². The van der Waals surface area contributed by atoms with Crippen LogP contribution in [0.4, 0.5) is 5.82 Å². The second-order valence-electron chi connectivity index (χ2n) is 6.70. The van der Waals surface area contributed by atoms with Crippen molar-refractivity contribution in [3.05, 3.63) is 70.7 Å². The number of hydrogen-bond donors (Lipinski definition) is 2. The van der Waals surface area contributed by atoms with Gasteiger partial charge in [-0.3, -0.25) is 0 Å². The standard InChI is InChI=1S/C19H17ClN6O/c1-11-3-2-5-26-15(11)8-14(24-26)19-18-13(22-10-23-18)4-6-25(19)17-7-12(20)16(27)9-21-17/h2-3,5,7-10,19,27H,4,6H2,1H3,(H,22,23)/t19-/m0/s1. The van der Waals surface area contributed by atoms with Gasteiger partial charge in [-0.15, -0.1) is 0 Å². The minimum Gasteiger partial charge on any atom is -0.505 e. The van der Waals surface area contributed by atoms with Crippen LogP contribution in [0, 0.1) is 6.92 Å². The van der Waals surface area contributed by atoms with Crippen molar-refractivity contribution in [3.8, 4) is 5.75 Å². The zero-order valence-electron chi connectivity index (χ0n) is 14.6. The summed E-state index contributed by atoms with van der Waals surface area (Å²) in [5.74, 6) is 0.656. The van der Waals surface area contributed by atoms with Gasteiger partial charge in [0, 0.05) is 30.9 Å². The lowest BCUT2D eigenvalue weighted by Gasteiger charge is -2.34. The van der Waals surface area contributed by atoms with E-state index in [9.17, 15) is 5.11 Å². The molecule has 1 aliphatic heterocycles. The highest BCUT2D eigenvalue weighted by Crippen LogP contribution is 2.37. The highest BCUT2D eigenvalue weighted by atomic mass is 35.5. The number of pyridine rings is 2. The van der Waals surface area contributed by atoms with Crippen LogP contribution in [0.15, 0.2) is 43.0 Å². The van der Waals surface area contributed by atoms with Crippen LogP contribution in [0.5, 0.6) is 5.75 Å². The molecule has 7 nitrogen and oxygen atoms in total. The molecule has 1 aliphatic rings. The lowest BCUT2D eigenvalue weighted by atomic mass is 9.99. The van der Waals surface area contributed by atoms with Gasteiger partial charge < -0.3 is 15.0 Å². The van der Waals surface area contributed by atoms with Crippen LogP contribution in [0.1, 0.15) is 28.7 Å². The third kappa shape index (κ3) is 2.54. The number of aryl methyl sites for hydroxylation is 1. The van der Waals surface area contributed by atoms with Gasteiger partial charge in [0.15, 0.2) is 5.75 Å². The third-order valence-electron chi connectivity index (χ3n) is 5.05. The number of aromatic nitrogens is 5. The van der Waals surface area contributed by atoms with Crippen molar-refractivity contribution in [2.24, 2.45) is 0 Å². The molecule has 0 amide bonds. The molecule has 0 bridgehead atoms. The molecule has 4 aromatic rings. The van der Waals surface area contributed by atoms with Gasteiger partial charge in [0.05, 0.1) is 34.5 Å².